The molecule has 0 saturated heterocycles. The third-order valence-electron chi connectivity index (χ3n) is 2.65. The molecule has 0 aliphatic carbocycles. The Morgan fingerprint density at radius 3 is 2.56 bits per heavy atom. The molecule has 0 saturated carbocycles. The van der Waals surface area contributed by atoms with Crippen LogP contribution in [-0.2, 0) is 12.6 Å². The molecule has 1 heterocycles. The minimum atomic E-state index is -4.33. The zero-order valence-electron chi connectivity index (χ0n) is 9.68. The average Bonchev–Trinajstić information content (AvgIpc) is 2.27. The van der Waals surface area contributed by atoms with Gasteiger partial charge in [0.15, 0.2) is 0 Å². The third kappa shape index (κ3) is 2.66. The van der Waals surface area contributed by atoms with Crippen molar-refractivity contribution >= 4 is 26.8 Å². The van der Waals surface area contributed by atoms with Crippen LogP contribution < -0.4 is 0 Å². The molecule has 96 valence electrons. The van der Waals surface area contributed by atoms with Gasteiger partial charge in [0.2, 0.25) is 0 Å². The minimum Gasteiger partial charge on any atom is -0.253 e. The Bertz CT molecular complexity index is 578. The summed E-state index contributed by atoms with van der Waals surface area (Å²) in [7, 11) is 0. The van der Waals surface area contributed by atoms with Gasteiger partial charge in [-0.1, -0.05) is 35.3 Å². The Morgan fingerprint density at radius 1 is 1.22 bits per heavy atom. The summed E-state index contributed by atoms with van der Waals surface area (Å²) in [6.07, 6.45) is -2.67. The third-order valence-corrected chi connectivity index (χ3v) is 3.30. The topological polar surface area (TPSA) is 12.9 Å². The smallest absolute Gasteiger partial charge is 0.253 e. The van der Waals surface area contributed by atoms with Crippen molar-refractivity contribution in [1.82, 2.24) is 4.98 Å². The van der Waals surface area contributed by atoms with Crippen LogP contribution in [0.25, 0.3) is 10.9 Å². The van der Waals surface area contributed by atoms with Gasteiger partial charge in [0.25, 0.3) is 0 Å². The number of alkyl halides is 3. The van der Waals surface area contributed by atoms with Crippen molar-refractivity contribution in [3.8, 4) is 0 Å². The van der Waals surface area contributed by atoms with E-state index in [2.05, 4.69) is 20.9 Å². The maximum absolute atomic E-state index is 12.6. The van der Waals surface area contributed by atoms with E-state index in [9.17, 15) is 13.2 Å². The summed E-state index contributed by atoms with van der Waals surface area (Å²) >= 11 is 3.37. The highest BCUT2D eigenvalue weighted by Gasteiger charge is 2.30. The summed E-state index contributed by atoms with van der Waals surface area (Å²) < 4.78 is 38.7. The fourth-order valence-electron chi connectivity index (χ4n) is 1.80. The zero-order chi connectivity index (χ0) is 13.3. The number of nitrogens with zero attached hydrogens (tertiary/aromatic N) is 1. The molecule has 0 unspecified atom stereocenters. The molecule has 5 heteroatoms. The van der Waals surface area contributed by atoms with Crippen LogP contribution in [0.15, 0.2) is 28.7 Å². The number of pyridine rings is 1. The maximum Gasteiger partial charge on any atom is 0.416 e. The van der Waals surface area contributed by atoms with Crippen molar-refractivity contribution in [2.24, 2.45) is 0 Å². The average molecular weight is 318 g/mol. The molecule has 1 aromatic heterocycles. The molecule has 0 atom stereocenters. The van der Waals surface area contributed by atoms with Crippen molar-refractivity contribution in [2.75, 3.05) is 0 Å². The van der Waals surface area contributed by atoms with Crippen molar-refractivity contribution in [3.63, 3.8) is 0 Å². The van der Waals surface area contributed by atoms with Gasteiger partial charge < -0.3 is 0 Å². The Labute approximate surface area is 111 Å². The molecule has 0 aliphatic heterocycles. The number of benzene rings is 1. The number of halogens is 4. The summed E-state index contributed by atoms with van der Waals surface area (Å²) in [5, 5.41) is 0.697. The van der Waals surface area contributed by atoms with Gasteiger partial charge in [0.1, 0.15) is 0 Å². The highest BCUT2D eigenvalue weighted by molar-refractivity contribution is 9.10. The molecule has 2 rings (SSSR count). The standard InChI is InChI=1S/C13H11BrF3N/c1-2-3-9-7-11(14)10-5-4-8(13(15,16)17)6-12(10)18-9/h4-7H,2-3H2,1H3. The maximum atomic E-state index is 12.6. The van der Waals surface area contributed by atoms with E-state index in [4.69, 9.17) is 0 Å². The second-order valence-corrected chi connectivity index (χ2v) is 4.93. The fourth-order valence-corrected chi connectivity index (χ4v) is 2.40. The molecule has 0 spiro atoms. The molecule has 0 radical (unpaired) electrons. The molecule has 0 fully saturated rings. The molecule has 2 aromatic rings. The van der Waals surface area contributed by atoms with E-state index in [0.29, 0.717) is 10.9 Å². The van der Waals surface area contributed by atoms with Gasteiger partial charge in [-0.05, 0) is 24.6 Å². The van der Waals surface area contributed by atoms with E-state index in [-0.39, 0.29) is 0 Å². The highest BCUT2D eigenvalue weighted by Crippen LogP contribution is 2.33. The lowest BCUT2D eigenvalue weighted by Crippen LogP contribution is -2.04. The second kappa shape index (κ2) is 4.88. The number of fused-ring (bicyclic) bond motifs is 1. The van der Waals surface area contributed by atoms with Crippen LogP contribution in [0.4, 0.5) is 13.2 Å². The molecule has 1 nitrogen and oxygen atoms in total. The summed E-state index contributed by atoms with van der Waals surface area (Å²) in [6, 6.07) is 5.48. The summed E-state index contributed by atoms with van der Waals surface area (Å²) in [5.41, 5.74) is 0.516. The van der Waals surface area contributed by atoms with Crippen LogP contribution in [0.5, 0.6) is 0 Å². The van der Waals surface area contributed by atoms with E-state index in [0.717, 1.165) is 35.1 Å². The SMILES string of the molecule is CCCc1cc(Br)c2ccc(C(F)(F)F)cc2n1. The number of aryl methyl sites for hydroxylation is 1. The molecule has 0 bridgehead atoms. The lowest BCUT2D eigenvalue weighted by atomic mass is 10.1. The van der Waals surface area contributed by atoms with Crippen molar-refractivity contribution in [2.45, 2.75) is 25.9 Å². The van der Waals surface area contributed by atoms with Gasteiger partial charge in [-0.25, -0.2) is 0 Å². The van der Waals surface area contributed by atoms with Crippen LogP contribution in [0.3, 0.4) is 0 Å². The molecule has 0 N–H and O–H groups in total. The molecule has 1 aromatic carbocycles. The Kier molecular flexibility index (Phi) is 3.61. The van der Waals surface area contributed by atoms with Gasteiger partial charge in [-0.15, -0.1) is 0 Å². The van der Waals surface area contributed by atoms with Crippen molar-refractivity contribution < 1.29 is 13.2 Å². The van der Waals surface area contributed by atoms with Crippen molar-refractivity contribution in [3.05, 3.63) is 40.0 Å². The van der Waals surface area contributed by atoms with Crippen molar-refractivity contribution in [1.29, 1.82) is 0 Å². The predicted octanol–water partition coefficient (Wildman–Crippen LogP) is 4.97. The first-order valence-electron chi connectivity index (χ1n) is 5.58. The fraction of sp³-hybridized carbons (Fsp3) is 0.308. The van der Waals surface area contributed by atoms with Gasteiger partial charge in [-0.2, -0.15) is 13.2 Å². The number of hydrogen-bond donors (Lipinski definition) is 0. The lowest BCUT2D eigenvalue weighted by molar-refractivity contribution is -0.137. The van der Waals surface area contributed by atoms with E-state index in [1.807, 2.05) is 13.0 Å². The van der Waals surface area contributed by atoms with Crippen LogP contribution >= 0.6 is 15.9 Å². The van der Waals surface area contributed by atoms with E-state index >= 15 is 0 Å². The quantitative estimate of drug-likeness (QED) is 0.762. The molecule has 0 amide bonds. The summed E-state index contributed by atoms with van der Waals surface area (Å²) in [4.78, 5) is 4.27. The normalized spacial score (nSPS) is 12.1. The van der Waals surface area contributed by atoms with E-state index < -0.39 is 11.7 Å². The first-order valence-corrected chi connectivity index (χ1v) is 6.37. The number of aromatic nitrogens is 1. The minimum absolute atomic E-state index is 0.377. The van der Waals surface area contributed by atoms with Gasteiger partial charge in [-0.3, -0.25) is 4.98 Å². The Morgan fingerprint density at radius 2 is 1.94 bits per heavy atom. The first-order chi connectivity index (χ1) is 8.41. The van der Waals surface area contributed by atoms with Gasteiger partial charge in [0.05, 0.1) is 11.1 Å². The first kappa shape index (κ1) is 13.3. The van der Waals surface area contributed by atoms with Crippen LogP contribution in [0, 0.1) is 0 Å². The molecular weight excluding hydrogens is 307 g/mol. The Balaban J connectivity index is 2.60. The van der Waals surface area contributed by atoms with Gasteiger partial charge in [0, 0.05) is 15.6 Å². The summed E-state index contributed by atoms with van der Waals surface area (Å²) in [6.45, 7) is 2.01. The number of rotatable bonds is 2. The highest BCUT2D eigenvalue weighted by atomic mass is 79.9. The molecule has 18 heavy (non-hydrogen) atoms. The Hall–Kier alpha value is -1.10. The van der Waals surface area contributed by atoms with Crippen LogP contribution in [-0.4, -0.2) is 4.98 Å². The largest absolute Gasteiger partial charge is 0.416 e. The van der Waals surface area contributed by atoms with E-state index in [1.54, 1.807) is 0 Å². The zero-order valence-corrected chi connectivity index (χ0v) is 11.3. The molecular formula is C13H11BrF3N. The number of hydrogen-bond acceptors (Lipinski definition) is 1. The monoisotopic (exact) mass is 317 g/mol. The second-order valence-electron chi connectivity index (χ2n) is 4.08. The van der Waals surface area contributed by atoms with E-state index in [1.165, 1.54) is 6.07 Å². The summed E-state index contributed by atoms with van der Waals surface area (Å²) in [5.74, 6) is 0. The van der Waals surface area contributed by atoms with Gasteiger partial charge >= 0.3 is 6.18 Å². The predicted molar refractivity (Wildman–Crippen MR) is 68.4 cm³/mol. The molecule has 0 aliphatic rings. The van der Waals surface area contributed by atoms with Crippen LogP contribution in [0.1, 0.15) is 24.6 Å². The lowest BCUT2D eigenvalue weighted by Gasteiger charge is -2.09. The van der Waals surface area contributed by atoms with Crippen LogP contribution in [0.2, 0.25) is 0 Å².